The van der Waals surface area contributed by atoms with Gasteiger partial charge in [-0.15, -0.1) is 12.4 Å². The number of nitrogens with zero attached hydrogens (tertiary/aromatic N) is 1. The maximum atomic E-state index is 11.8. The smallest absolute Gasteiger partial charge is 0.341 e. The molecule has 3 nitrogen and oxygen atoms in total. The van der Waals surface area contributed by atoms with Gasteiger partial charge in [0, 0.05) is 6.54 Å². The Morgan fingerprint density at radius 2 is 1.74 bits per heavy atom. The van der Waals surface area contributed by atoms with Gasteiger partial charge in [0.2, 0.25) is 0 Å². The highest BCUT2D eigenvalue weighted by Gasteiger charge is 2.15. The first-order valence-corrected chi connectivity index (χ1v) is 6.69. The summed E-state index contributed by atoms with van der Waals surface area (Å²) in [6.45, 7) is 7.04. The van der Waals surface area contributed by atoms with Crippen molar-refractivity contribution in [1.82, 2.24) is 4.90 Å². The van der Waals surface area contributed by atoms with Crippen molar-refractivity contribution in [3.63, 3.8) is 0 Å². The molecule has 1 aromatic carbocycles. The summed E-state index contributed by atoms with van der Waals surface area (Å²) in [5.74, 6) is -0.474. The number of hydrogen-bond donors (Lipinski definition) is 0. The molecule has 19 heavy (non-hydrogen) atoms. The summed E-state index contributed by atoms with van der Waals surface area (Å²) in [6, 6.07) is 4.93. The zero-order chi connectivity index (χ0) is 13.5. The van der Waals surface area contributed by atoms with E-state index < -0.39 is 5.97 Å². The van der Waals surface area contributed by atoms with Crippen molar-refractivity contribution >= 4 is 41.6 Å². The maximum Gasteiger partial charge on any atom is 0.341 e. The van der Waals surface area contributed by atoms with Crippen LogP contribution in [0, 0.1) is 0 Å². The molecule has 0 aliphatic carbocycles. The lowest BCUT2D eigenvalue weighted by molar-refractivity contribution is 0.0467. The van der Waals surface area contributed by atoms with Gasteiger partial charge in [-0.05, 0) is 25.2 Å². The van der Waals surface area contributed by atoms with Crippen LogP contribution in [0.15, 0.2) is 18.2 Å². The Labute approximate surface area is 130 Å². The van der Waals surface area contributed by atoms with Crippen LogP contribution < -0.4 is 0 Å². The summed E-state index contributed by atoms with van der Waals surface area (Å²) in [6.07, 6.45) is 0. The lowest BCUT2D eigenvalue weighted by Crippen LogP contribution is -2.28. The number of likely N-dealkylation sites (N-methyl/N-ethyl adjacent to an activating group) is 1. The minimum Gasteiger partial charge on any atom is -0.461 e. The SMILES string of the molecule is CCN(CC)CCOC(=O)c1c(Cl)cccc1Cl.Cl. The largest absolute Gasteiger partial charge is 0.461 e. The Kier molecular flexibility index (Phi) is 9.19. The maximum absolute atomic E-state index is 11.8. The standard InChI is InChI=1S/C13H17Cl2NO2.ClH/c1-3-16(4-2)8-9-18-13(17)12-10(14)6-5-7-11(12)15;/h5-7H,3-4,8-9H2,1-2H3;1H. The third-order valence-corrected chi connectivity index (χ3v) is 3.33. The predicted molar refractivity (Wildman–Crippen MR) is 81.8 cm³/mol. The molecule has 0 unspecified atom stereocenters. The molecule has 0 aromatic heterocycles. The third-order valence-electron chi connectivity index (χ3n) is 2.70. The van der Waals surface area contributed by atoms with Gasteiger partial charge in [-0.25, -0.2) is 4.79 Å². The molecular weight excluding hydrogens is 309 g/mol. The van der Waals surface area contributed by atoms with E-state index in [1.54, 1.807) is 18.2 Å². The first kappa shape index (κ1) is 18.5. The van der Waals surface area contributed by atoms with E-state index in [4.69, 9.17) is 27.9 Å². The lowest BCUT2D eigenvalue weighted by Gasteiger charge is -2.17. The molecule has 0 heterocycles. The highest BCUT2D eigenvalue weighted by atomic mass is 35.5. The van der Waals surface area contributed by atoms with Crippen molar-refractivity contribution in [2.75, 3.05) is 26.2 Å². The van der Waals surface area contributed by atoms with Crippen LogP contribution in [0.2, 0.25) is 10.0 Å². The summed E-state index contributed by atoms with van der Waals surface area (Å²) in [4.78, 5) is 14.0. The van der Waals surface area contributed by atoms with Crippen LogP contribution in [-0.4, -0.2) is 37.1 Å². The Morgan fingerprint density at radius 1 is 1.21 bits per heavy atom. The van der Waals surface area contributed by atoms with Gasteiger partial charge in [-0.3, -0.25) is 0 Å². The normalized spacial score (nSPS) is 10.2. The third kappa shape index (κ3) is 5.57. The Morgan fingerprint density at radius 3 is 2.21 bits per heavy atom. The molecule has 1 rings (SSSR count). The molecular formula is C13H18Cl3NO2. The van der Waals surface area contributed by atoms with E-state index in [9.17, 15) is 4.79 Å². The van der Waals surface area contributed by atoms with Crippen molar-refractivity contribution in [1.29, 1.82) is 0 Å². The summed E-state index contributed by atoms with van der Waals surface area (Å²) in [7, 11) is 0. The quantitative estimate of drug-likeness (QED) is 0.742. The van der Waals surface area contributed by atoms with Crippen LogP contribution in [-0.2, 0) is 4.74 Å². The molecule has 0 fully saturated rings. The van der Waals surface area contributed by atoms with Gasteiger partial charge in [0.1, 0.15) is 6.61 Å². The van der Waals surface area contributed by atoms with Gasteiger partial charge in [0.05, 0.1) is 15.6 Å². The average Bonchev–Trinajstić information content (AvgIpc) is 2.34. The van der Waals surface area contributed by atoms with Crippen molar-refractivity contribution in [3.8, 4) is 0 Å². The molecule has 0 amide bonds. The molecule has 1 aromatic rings. The predicted octanol–water partition coefficient (Wildman–Crippen LogP) is 3.91. The molecule has 0 N–H and O–H groups in total. The van der Waals surface area contributed by atoms with Crippen LogP contribution >= 0.6 is 35.6 Å². The number of ether oxygens (including phenoxy) is 1. The van der Waals surface area contributed by atoms with Gasteiger partial charge < -0.3 is 9.64 Å². The molecule has 0 radical (unpaired) electrons. The summed E-state index contributed by atoms with van der Waals surface area (Å²) >= 11 is 11.8. The second kappa shape index (κ2) is 9.43. The second-order valence-corrected chi connectivity index (χ2v) is 4.57. The van der Waals surface area contributed by atoms with Crippen molar-refractivity contribution in [3.05, 3.63) is 33.8 Å². The minimum absolute atomic E-state index is 0. The van der Waals surface area contributed by atoms with Gasteiger partial charge in [0.25, 0.3) is 0 Å². The van der Waals surface area contributed by atoms with Crippen LogP contribution in [0.4, 0.5) is 0 Å². The topological polar surface area (TPSA) is 29.5 Å². The van der Waals surface area contributed by atoms with E-state index in [2.05, 4.69) is 18.7 Å². The fourth-order valence-electron chi connectivity index (χ4n) is 1.57. The molecule has 0 spiro atoms. The van der Waals surface area contributed by atoms with Gasteiger partial charge in [0.15, 0.2) is 0 Å². The van der Waals surface area contributed by atoms with E-state index in [-0.39, 0.29) is 18.0 Å². The zero-order valence-electron chi connectivity index (χ0n) is 11.0. The molecule has 0 atom stereocenters. The van der Waals surface area contributed by atoms with E-state index in [0.717, 1.165) is 13.1 Å². The number of carbonyl (C=O) groups is 1. The fraction of sp³-hybridized carbons (Fsp3) is 0.462. The number of carbonyl (C=O) groups excluding carboxylic acids is 1. The molecule has 0 aliphatic rings. The van der Waals surface area contributed by atoms with E-state index >= 15 is 0 Å². The van der Waals surface area contributed by atoms with Gasteiger partial charge >= 0.3 is 5.97 Å². The highest BCUT2D eigenvalue weighted by Crippen LogP contribution is 2.24. The molecule has 0 bridgehead atoms. The summed E-state index contributed by atoms with van der Waals surface area (Å²) in [5.41, 5.74) is 0.236. The number of esters is 1. The first-order chi connectivity index (χ1) is 8.60. The van der Waals surface area contributed by atoms with Crippen molar-refractivity contribution in [2.45, 2.75) is 13.8 Å². The van der Waals surface area contributed by atoms with Crippen LogP contribution in [0.25, 0.3) is 0 Å². The molecule has 0 aliphatic heterocycles. The Balaban J connectivity index is 0.00000324. The molecule has 108 valence electrons. The fourth-order valence-corrected chi connectivity index (χ4v) is 2.12. The number of benzene rings is 1. The van der Waals surface area contributed by atoms with Crippen LogP contribution in [0.3, 0.4) is 0 Å². The van der Waals surface area contributed by atoms with Crippen LogP contribution in [0.1, 0.15) is 24.2 Å². The first-order valence-electron chi connectivity index (χ1n) is 5.93. The Hall–Kier alpha value is -0.480. The molecule has 0 saturated carbocycles. The van der Waals surface area contributed by atoms with Gasteiger partial charge in [-0.1, -0.05) is 43.1 Å². The number of hydrogen-bond acceptors (Lipinski definition) is 3. The lowest BCUT2D eigenvalue weighted by atomic mass is 10.2. The van der Waals surface area contributed by atoms with Gasteiger partial charge in [-0.2, -0.15) is 0 Å². The Bertz CT molecular complexity index is 389. The highest BCUT2D eigenvalue weighted by molar-refractivity contribution is 6.39. The van der Waals surface area contributed by atoms with E-state index in [1.807, 2.05) is 0 Å². The summed E-state index contributed by atoms with van der Waals surface area (Å²) < 4.78 is 5.17. The second-order valence-electron chi connectivity index (χ2n) is 3.76. The van der Waals surface area contributed by atoms with E-state index in [1.165, 1.54) is 0 Å². The molecule has 6 heteroatoms. The van der Waals surface area contributed by atoms with E-state index in [0.29, 0.717) is 23.2 Å². The minimum atomic E-state index is -0.474. The number of halogens is 3. The molecule has 0 saturated heterocycles. The average molecular weight is 327 g/mol. The number of rotatable bonds is 6. The van der Waals surface area contributed by atoms with Crippen LogP contribution in [0.5, 0.6) is 0 Å². The zero-order valence-corrected chi connectivity index (χ0v) is 13.3. The monoisotopic (exact) mass is 325 g/mol. The van der Waals surface area contributed by atoms with Crippen molar-refractivity contribution < 1.29 is 9.53 Å². The summed E-state index contributed by atoms with van der Waals surface area (Å²) in [5, 5.41) is 0.630. The van der Waals surface area contributed by atoms with Crippen molar-refractivity contribution in [2.24, 2.45) is 0 Å².